The Bertz CT molecular complexity index is 2500. The highest BCUT2D eigenvalue weighted by molar-refractivity contribution is 6.23. The number of para-hydroxylation sites is 2. The minimum atomic E-state index is 0.578. The van der Waals surface area contributed by atoms with Crippen LogP contribution < -0.4 is 0 Å². The smallest absolute Gasteiger partial charge is 0.235 e. The molecule has 0 saturated heterocycles. The molecule has 204 valence electrons. The van der Waals surface area contributed by atoms with Crippen LogP contribution in [0.2, 0.25) is 0 Å². The van der Waals surface area contributed by atoms with Crippen molar-refractivity contribution in [3.05, 3.63) is 122 Å². The molecule has 0 bridgehead atoms. The third-order valence-corrected chi connectivity index (χ3v) is 8.63. The van der Waals surface area contributed by atoms with E-state index in [0.717, 1.165) is 76.2 Å². The number of pyridine rings is 2. The van der Waals surface area contributed by atoms with Crippen molar-refractivity contribution in [2.24, 2.45) is 0 Å². The van der Waals surface area contributed by atoms with E-state index < -0.39 is 0 Å². The van der Waals surface area contributed by atoms with Crippen LogP contribution in [0.5, 0.6) is 0 Å². The highest BCUT2D eigenvalue weighted by Crippen LogP contribution is 2.36. The monoisotopic (exact) mass is 564 g/mol. The second-order valence-corrected chi connectivity index (χ2v) is 10.9. The van der Waals surface area contributed by atoms with Crippen LogP contribution in [0.15, 0.2) is 122 Å². The van der Waals surface area contributed by atoms with E-state index in [1.165, 1.54) is 0 Å². The van der Waals surface area contributed by atoms with E-state index in [9.17, 15) is 0 Å². The van der Waals surface area contributed by atoms with Crippen LogP contribution >= 0.6 is 0 Å². The molecule has 6 aromatic heterocycles. The van der Waals surface area contributed by atoms with Crippen molar-refractivity contribution in [2.75, 3.05) is 0 Å². The summed E-state index contributed by atoms with van der Waals surface area (Å²) in [7, 11) is 0. The largest absolute Gasteiger partial charge is 0.278 e. The lowest BCUT2D eigenvalue weighted by atomic mass is 10.0. The summed E-state index contributed by atoms with van der Waals surface area (Å²) >= 11 is 0. The molecule has 10 aromatic rings. The Morgan fingerprint density at radius 1 is 0.364 bits per heavy atom. The van der Waals surface area contributed by atoms with Gasteiger partial charge in [0.25, 0.3) is 0 Å². The highest BCUT2D eigenvalue weighted by Gasteiger charge is 2.19. The molecule has 0 radical (unpaired) electrons. The third kappa shape index (κ3) is 3.06. The summed E-state index contributed by atoms with van der Waals surface area (Å²) < 4.78 is 4.21. The van der Waals surface area contributed by atoms with Crippen LogP contribution in [0, 0.1) is 0 Å². The molecule has 0 aliphatic rings. The molecule has 0 fully saturated rings. The van der Waals surface area contributed by atoms with E-state index in [1.54, 1.807) is 0 Å². The van der Waals surface area contributed by atoms with E-state index in [4.69, 9.17) is 19.9 Å². The number of benzene rings is 4. The summed E-state index contributed by atoms with van der Waals surface area (Å²) in [4.78, 5) is 29.2. The molecule has 44 heavy (non-hydrogen) atoms. The molecule has 6 heterocycles. The van der Waals surface area contributed by atoms with Crippen LogP contribution in [0.3, 0.4) is 0 Å². The highest BCUT2D eigenvalue weighted by atomic mass is 15.2. The molecular formula is C36H20N8. The topological polar surface area (TPSA) is 87.2 Å². The zero-order valence-corrected chi connectivity index (χ0v) is 23.1. The SMILES string of the molecule is c1ccc2c(c1)c1cnc(-n3c4ccccc4c4cnccc43)nc1c1nc(-n3c4ccccc4c4cnccc43)ncc21. The first-order valence-corrected chi connectivity index (χ1v) is 14.4. The van der Waals surface area contributed by atoms with Gasteiger partial charge in [-0.15, -0.1) is 0 Å². The Morgan fingerprint density at radius 3 is 1.25 bits per heavy atom. The predicted octanol–water partition coefficient (Wildman–Crippen LogP) is 7.71. The average Bonchev–Trinajstić information content (AvgIpc) is 3.61. The zero-order valence-electron chi connectivity index (χ0n) is 23.1. The number of nitrogens with zero attached hydrogens (tertiary/aromatic N) is 8. The molecule has 0 saturated carbocycles. The maximum atomic E-state index is 5.27. The first-order chi connectivity index (χ1) is 21.8. The number of fused-ring (bicyclic) bond motifs is 12. The summed E-state index contributed by atoms with van der Waals surface area (Å²) in [6.07, 6.45) is 11.3. The minimum absolute atomic E-state index is 0.578. The van der Waals surface area contributed by atoms with Crippen molar-refractivity contribution in [3.8, 4) is 11.9 Å². The third-order valence-electron chi connectivity index (χ3n) is 8.63. The van der Waals surface area contributed by atoms with Crippen LogP contribution in [-0.4, -0.2) is 39.0 Å². The van der Waals surface area contributed by atoms with Gasteiger partial charge in [0.15, 0.2) is 0 Å². The van der Waals surface area contributed by atoms with E-state index in [0.29, 0.717) is 11.9 Å². The van der Waals surface area contributed by atoms with Crippen molar-refractivity contribution in [2.45, 2.75) is 0 Å². The average molecular weight is 565 g/mol. The summed E-state index contributed by atoms with van der Waals surface area (Å²) in [6, 6.07) is 28.9. The lowest BCUT2D eigenvalue weighted by molar-refractivity contribution is 1.00. The van der Waals surface area contributed by atoms with E-state index in [1.807, 2.05) is 85.7 Å². The van der Waals surface area contributed by atoms with Crippen molar-refractivity contribution >= 4 is 76.2 Å². The van der Waals surface area contributed by atoms with Crippen LogP contribution in [0.1, 0.15) is 0 Å². The summed E-state index contributed by atoms with van der Waals surface area (Å²) in [6.45, 7) is 0. The van der Waals surface area contributed by atoms with Gasteiger partial charge in [-0.2, -0.15) is 0 Å². The molecule has 0 aliphatic heterocycles. The number of aromatic nitrogens is 8. The maximum Gasteiger partial charge on any atom is 0.235 e. The quantitative estimate of drug-likeness (QED) is 0.200. The first-order valence-electron chi connectivity index (χ1n) is 14.4. The second kappa shape index (κ2) is 8.62. The second-order valence-electron chi connectivity index (χ2n) is 10.9. The van der Waals surface area contributed by atoms with Crippen LogP contribution in [0.4, 0.5) is 0 Å². The van der Waals surface area contributed by atoms with Gasteiger partial charge in [0.1, 0.15) is 11.0 Å². The van der Waals surface area contributed by atoms with Gasteiger partial charge >= 0.3 is 0 Å². The van der Waals surface area contributed by atoms with Gasteiger partial charge in [-0.05, 0) is 35.0 Å². The number of rotatable bonds is 2. The zero-order chi connectivity index (χ0) is 28.8. The van der Waals surface area contributed by atoms with Crippen LogP contribution in [-0.2, 0) is 0 Å². The van der Waals surface area contributed by atoms with Gasteiger partial charge in [-0.25, -0.2) is 19.9 Å². The first kappa shape index (κ1) is 23.3. The van der Waals surface area contributed by atoms with Gasteiger partial charge in [0.2, 0.25) is 11.9 Å². The molecule has 0 N–H and O–H groups in total. The van der Waals surface area contributed by atoms with Crippen molar-refractivity contribution in [3.63, 3.8) is 0 Å². The molecule has 0 spiro atoms. The predicted molar refractivity (Wildman–Crippen MR) is 174 cm³/mol. The molecule has 10 rings (SSSR count). The summed E-state index contributed by atoms with van der Waals surface area (Å²) in [5.74, 6) is 1.16. The molecule has 8 heteroatoms. The van der Waals surface area contributed by atoms with E-state index in [2.05, 4.69) is 55.5 Å². The van der Waals surface area contributed by atoms with Crippen molar-refractivity contribution in [1.29, 1.82) is 0 Å². The molecule has 0 atom stereocenters. The molecule has 0 aliphatic carbocycles. The Balaban J connectivity index is 1.33. The molecule has 0 amide bonds. The van der Waals surface area contributed by atoms with Crippen molar-refractivity contribution < 1.29 is 0 Å². The standard InChI is InChI=1S/C36H20N8/c1-2-8-22-21(7-1)27-19-39-35(43-29-11-5-3-9-23(29)25-17-37-15-13-31(25)43)41-33(27)34-28(22)20-40-36(42-34)44-30-12-6-4-10-24(30)26-18-38-16-14-32(26)44/h1-20H. The van der Waals surface area contributed by atoms with Gasteiger partial charge in [0.05, 0.1) is 22.1 Å². The Hall–Kier alpha value is -6.28. The van der Waals surface area contributed by atoms with E-state index >= 15 is 0 Å². The normalized spacial score (nSPS) is 12.1. The fourth-order valence-electron chi connectivity index (χ4n) is 6.73. The Kier molecular flexibility index (Phi) is 4.57. The van der Waals surface area contributed by atoms with Crippen molar-refractivity contribution in [1.82, 2.24) is 39.0 Å². The number of hydrogen-bond donors (Lipinski definition) is 0. The molecule has 4 aromatic carbocycles. The van der Waals surface area contributed by atoms with Gasteiger partial charge in [-0.1, -0.05) is 60.7 Å². The number of hydrogen-bond acceptors (Lipinski definition) is 6. The van der Waals surface area contributed by atoms with Gasteiger partial charge in [-0.3, -0.25) is 19.1 Å². The molecule has 8 nitrogen and oxygen atoms in total. The molecule has 0 unspecified atom stereocenters. The lowest BCUT2D eigenvalue weighted by Gasteiger charge is -2.13. The summed E-state index contributed by atoms with van der Waals surface area (Å²) in [5, 5.41) is 8.33. The Morgan fingerprint density at radius 2 is 0.773 bits per heavy atom. The van der Waals surface area contributed by atoms with E-state index in [-0.39, 0.29) is 0 Å². The maximum absolute atomic E-state index is 5.27. The fraction of sp³-hybridized carbons (Fsp3) is 0. The Labute approximate surface area is 248 Å². The fourth-order valence-corrected chi connectivity index (χ4v) is 6.73. The minimum Gasteiger partial charge on any atom is -0.278 e. The van der Waals surface area contributed by atoms with Gasteiger partial charge in [0, 0.05) is 69.5 Å². The van der Waals surface area contributed by atoms with Gasteiger partial charge < -0.3 is 0 Å². The molecular weight excluding hydrogens is 544 g/mol. The van der Waals surface area contributed by atoms with Crippen LogP contribution in [0.25, 0.3) is 88.1 Å². The summed E-state index contributed by atoms with van der Waals surface area (Å²) in [5.41, 5.74) is 5.59. The lowest BCUT2D eigenvalue weighted by Crippen LogP contribution is -2.04.